The van der Waals surface area contributed by atoms with E-state index in [2.05, 4.69) is 29.1 Å². The van der Waals surface area contributed by atoms with Crippen LogP contribution in [0, 0.1) is 11.3 Å². The van der Waals surface area contributed by atoms with Crippen LogP contribution in [0.4, 0.5) is 5.82 Å². The van der Waals surface area contributed by atoms with Crippen LogP contribution in [0.1, 0.15) is 32.4 Å². The van der Waals surface area contributed by atoms with Crippen LogP contribution in [0.15, 0.2) is 12.4 Å². The first-order valence-corrected chi connectivity index (χ1v) is 6.31. The van der Waals surface area contributed by atoms with E-state index >= 15 is 0 Å². The normalized spacial score (nSPS) is 16.9. The maximum absolute atomic E-state index is 5.62. The van der Waals surface area contributed by atoms with Gasteiger partial charge in [-0.2, -0.15) is 0 Å². The average Bonchev–Trinajstić information content (AvgIpc) is 3.07. The van der Waals surface area contributed by atoms with Crippen LogP contribution < -0.4 is 11.1 Å². The van der Waals surface area contributed by atoms with E-state index in [-0.39, 0.29) is 4.99 Å². The zero-order chi connectivity index (χ0) is 12.5. The van der Waals surface area contributed by atoms with E-state index in [4.69, 9.17) is 18.0 Å². The number of thiocarbonyl (C=S) groups is 1. The van der Waals surface area contributed by atoms with E-state index in [9.17, 15) is 0 Å². The molecule has 1 saturated carbocycles. The summed E-state index contributed by atoms with van der Waals surface area (Å²) in [6.45, 7) is 5.44. The monoisotopic (exact) mass is 250 g/mol. The van der Waals surface area contributed by atoms with E-state index in [0.717, 1.165) is 6.54 Å². The van der Waals surface area contributed by atoms with Crippen molar-refractivity contribution in [2.24, 2.45) is 17.1 Å². The average molecular weight is 250 g/mol. The minimum atomic E-state index is 0.287. The Balaban J connectivity index is 2.07. The number of nitrogens with two attached hydrogens (primary N) is 1. The highest BCUT2D eigenvalue weighted by atomic mass is 32.1. The molecule has 0 amide bonds. The Hall–Kier alpha value is -1.23. The Morgan fingerprint density at radius 2 is 2.12 bits per heavy atom. The molecule has 1 aromatic rings. The number of anilines is 1. The van der Waals surface area contributed by atoms with E-state index in [1.54, 1.807) is 12.4 Å². The first-order chi connectivity index (χ1) is 8.05. The highest BCUT2D eigenvalue weighted by Gasteiger charge is 2.45. The Labute approximate surface area is 107 Å². The predicted octanol–water partition coefficient (Wildman–Crippen LogP) is 1.96. The van der Waals surface area contributed by atoms with Gasteiger partial charge in [-0.15, -0.1) is 0 Å². The molecule has 1 aliphatic carbocycles. The fraction of sp³-hybridized carbons (Fsp3) is 0.583. The lowest BCUT2D eigenvalue weighted by Crippen LogP contribution is -2.23. The van der Waals surface area contributed by atoms with Gasteiger partial charge in [-0.25, -0.2) is 9.97 Å². The minimum absolute atomic E-state index is 0.287. The van der Waals surface area contributed by atoms with Crippen LogP contribution in [0.25, 0.3) is 0 Å². The number of hydrogen-bond donors (Lipinski definition) is 2. The topological polar surface area (TPSA) is 63.8 Å². The van der Waals surface area contributed by atoms with Crippen molar-refractivity contribution in [3.05, 3.63) is 18.1 Å². The molecule has 1 heterocycles. The molecule has 0 atom stereocenters. The third-order valence-electron chi connectivity index (χ3n) is 3.66. The zero-order valence-corrected chi connectivity index (χ0v) is 11.0. The molecule has 3 N–H and O–H groups in total. The first-order valence-electron chi connectivity index (χ1n) is 5.90. The van der Waals surface area contributed by atoms with Crippen LogP contribution in [0.2, 0.25) is 0 Å². The summed E-state index contributed by atoms with van der Waals surface area (Å²) in [5.74, 6) is 1.38. The largest absolute Gasteiger partial charge is 0.388 e. The van der Waals surface area contributed by atoms with Crippen molar-refractivity contribution in [1.82, 2.24) is 9.97 Å². The smallest absolute Gasteiger partial charge is 0.155 e. The van der Waals surface area contributed by atoms with Crippen molar-refractivity contribution < 1.29 is 0 Å². The van der Waals surface area contributed by atoms with Crippen LogP contribution >= 0.6 is 12.2 Å². The molecule has 0 spiro atoms. The fourth-order valence-electron chi connectivity index (χ4n) is 2.03. The van der Waals surface area contributed by atoms with Crippen molar-refractivity contribution in [1.29, 1.82) is 0 Å². The van der Waals surface area contributed by atoms with Crippen LogP contribution in [0.5, 0.6) is 0 Å². The Bertz CT molecular complexity index is 426. The van der Waals surface area contributed by atoms with Gasteiger partial charge in [-0.05, 0) is 24.2 Å². The lowest BCUT2D eigenvalue weighted by Gasteiger charge is -2.20. The van der Waals surface area contributed by atoms with Gasteiger partial charge in [0, 0.05) is 18.9 Å². The van der Waals surface area contributed by atoms with Gasteiger partial charge in [0.15, 0.2) is 5.82 Å². The maximum Gasteiger partial charge on any atom is 0.155 e. The van der Waals surface area contributed by atoms with Gasteiger partial charge in [0.05, 0.1) is 0 Å². The van der Waals surface area contributed by atoms with Gasteiger partial charge in [0.2, 0.25) is 0 Å². The molecule has 0 bridgehead atoms. The molecule has 17 heavy (non-hydrogen) atoms. The van der Waals surface area contributed by atoms with E-state index in [1.165, 1.54) is 12.8 Å². The van der Waals surface area contributed by atoms with Crippen molar-refractivity contribution in [3.63, 3.8) is 0 Å². The second-order valence-corrected chi connectivity index (χ2v) is 5.43. The summed E-state index contributed by atoms with van der Waals surface area (Å²) in [7, 11) is 0. The van der Waals surface area contributed by atoms with Gasteiger partial charge < -0.3 is 11.1 Å². The number of nitrogens with zero attached hydrogens (tertiary/aromatic N) is 2. The third kappa shape index (κ3) is 2.54. The Kier molecular flexibility index (Phi) is 3.28. The molecule has 1 fully saturated rings. The molecule has 0 aromatic carbocycles. The fourth-order valence-corrected chi connectivity index (χ4v) is 2.18. The molecule has 4 nitrogen and oxygen atoms in total. The highest BCUT2D eigenvalue weighted by Crippen LogP contribution is 2.51. The van der Waals surface area contributed by atoms with E-state index in [1.807, 2.05) is 0 Å². The van der Waals surface area contributed by atoms with Gasteiger partial charge in [0.1, 0.15) is 10.7 Å². The van der Waals surface area contributed by atoms with Gasteiger partial charge >= 0.3 is 0 Å². The number of hydrogen-bond acceptors (Lipinski definition) is 4. The number of nitrogens with one attached hydrogen (secondary N) is 1. The quantitative estimate of drug-likeness (QED) is 0.782. The van der Waals surface area contributed by atoms with Crippen LogP contribution in [-0.2, 0) is 0 Å². The third-order valence-corrected chi connectivity index (χ3v) is 3.85. The summed E-state index contributed by atoms with van der Waals surface area (Å²) >= 11 is 4.96. The molecule has 1 aliphatic rings. The number of rotatable bonds is 5. The molecule has 2 rings (SSSR count). The lowest BCUT2D eigenvalue weighted by molar-refractivity contribution is 0.380. The zero-order valence-electron chi connectivity index (χ0n) is 10.2. The van der Waals surface area contributed by atoms with Gasteiger partial charge in [-0.1, -0.05) is 26.1 Å². The van der Waals surface area contributed by atoms with E-state index < -0.39 is 0 Å². The van der Waals surface area contributed by atoms with E-state index in [0.29, 0.717) is 22.8 Å². The van der Waals surface area contributed by atoms with Crippen LogP contribution in [0.3, 0.4) is 0 Å². The van der Waals surface area contributed by atoms with Crippen LogP contribution in [-0.4, -0.2) is 21.5 Å². The maximum atomic E-state index is 5.62. The number of aromatic nitrogens is 2. The summed E-state index contributed by atoms with van der Waals surface area (Å²) in [5.41, 5.74) is 6.63. The van der Waals surface area contributed by atoms with Crippen molar-refractivity contribution in [2.45, 2.75) is 26.7 Å². The summed E-state index contributed by atoms with van der Waals surface area (Å²) < 4.78 is 0. The predicted molar refractivity (Wildman–Crippen MR) is 72.9 cm³/mol. The molecule has 1 aromatic heterocycles. The minimum Gasteiger partial charge on any atom is -0.388 e. The van der Waals surface area contributed by atoms with Gasteiger partial charge in [0.25, 0.3) is 0 Å². The second-order valence-electron chi connectivity index (χ2n) is 4.99. The van der Waals surface area contributed by atoms with Crippen molar-refractivity contribution in [3.8, 4) is 0 Å². The SMILES string of the molecule is CC(C)C1(CNc2nccnc2C(N)=S)CC1. The molecule has 5 heteroatoms. The molecule has 0 unspecified atom stereocenters. The second kappa shape index (κ2) is 4.56. The molecule has 92 valence electrons. The first kappa shape index (κ1) is 12.2. The Morgan fingerprint density at radius 1 is 1.47 bits per heavy atom. The summed E-state index contributed by atoms with van der Waals surface area (Å²) in [6.07, 6.45) is 5.81. The summed E-state index contributed by atoms with van der Waals surface area (Å²) in [6, 6.07) is 0. The highest BCUT2D eigenvalue weighted by molar-refractivity contribution is 7.80. The lowest BCUT2D eigenvalue weighted by atomic mass is 9.92. The standard InChI is InChI=1S/C12H18N4S/c1-8(2)12(3-4-12)7-16-11-9(10(13)17)14-5-6-15-11/h5-6,8H,3-4,7H2,1-2H3,(H2,13,17)(H,15,16). The summed E-state index contributed by atoms with van der Waals surface area (Å²) in [4.78, 5) is 8.69. The molecular formula is C12H18N4S. The molecule has 0 saturated heterocycles. The van der Waals surface area contributed by atoms with Gasteiger partial charge in [-0.3, -0.25) is 0 Å². The molecule has 0 radical (unpaired) electrons. The molecular weight excluding hydrogens is 232 g/mol. The van der Waals surface area contributed by atoms with Crippen molar-refractivity contribution in [2.75, 3.05) is 11.9 Å². The summed E-state index contributed by atoms with van der Waals surface area (Å²) in [5, 5.41) is 3.34. The Morgan fingerprint density at radius 3 is 2.65 bits per heavy atom. The molecule has 0 aliphatic heterocycles. The van der Waals surface area contributed by atoms with Crippen molar-refractivity contribution >= 4 is 23.0 Å².